The Morgan fingerprint density at radius 2 is 1.71 bits per heavy atom. The van der Waals surface area contributed by atoms with E-state index in [1.54, 1.807) is 0 Å². The zero-order valence-electron chi connectivity index (χ0n) is 13.8. The molecular formula is C19H26N2. The molecular weight excluding hydrogens is 256 g/mol. The molecule has 0 radical (unpaired) electrons. The molecule has 1 unspecified atom stereocenters. The van der Waals surface area contributed by atoms with Crippen LogP contribution in [0, 0.1) is 27.7 Å². The van der Waals surface area contributed by atoms with Gasteiger partial charge in [-0.1, -0.05) is 30.7 Å². The molecule has 0 aliphatic heterocycles. The maximum Gasteiger partial charge on any atom is 0.0451 e. The summed E-state index contributed by atoms with van der Waals surface area (Å²) in [6.45, 7) is 11.9. The van der Waals surface area contributed by atoms with Gasteiger partial charge in [0.05, 0.1) is 0 Å². The summed E-state index contributed by atoms with van der Waals surface area (Å²) in [5.41, 5.74) is 7.94. The zero-order chi connectivity index (χ0) is 15.4. The van der Waals surface area contributed by atoms with Gasteiger partial charge < -0.3 is 5.32 Å². The van der Waals surface area contributed by atoms with Crippen molar-refractivity contribution in [3.63, 3.8) is 0 Å². The fraction of sp³-hybridized carbons (Fsp3) is 0.421. The topological polar surface area (TPSA) is 24.9 Å². The van der Waals surface area contributed by atoms with Crippen molar-refractivity contribution in [2.75, 3.05) is 6.54 Å². The average Bonchev–Trinajstić information content (AvgIpc) is 2.40. The van der Waals surface area contributed by atoms with E-state index in [0.717, 1.165) is 13.0 Å². The first-order valence-electron chi connectivity index (χ1n) is 7.74. The Labute approximate surface area is 128 Å². The van der Waals surface area contributed by atoms with Gasteiger partial charge in [0, 0.05) is 24.4 Å². The van der Waals surface area contributed by atoms with Crippen molar-refractivity contribution in [1.82, 2.24) is 10.3 Å². The summed E-state index contributed by atoms with van der Waals surface area (Å²) < 4.78 is 0. The number of benzene rings is 1. The van der Waals surface area contributed by atoms with Crippen LogP contribution in [0.25, 0.3) is 0 Å². The average molecular weight is 282 g/mol. The second-order valence-corrected chi connectivity index (χ2v) is 5.89. The Kier molecular flexibility index (Phi) is 5.13. The van der Waals surface area contributed by atoms with Gasteiger partial charge in [0.1, 0.15) is 0 Å². The largest absolute Gasteiger partial charge is 0.310 e. The SMILES string of the molecule is CCNC(Cc1ncccc1C)c1c(C)cc(C)cc1C. The summed E-state index contributed by atoms with van der Waals surface area (Å²) in [7, 11) is 0. The number of pyridine rings is 1. The van der Waals surface area contributed by atoms with Crippen molar-refractivity contribution in [3.8, 4) is 0 Å². The molecule has 1 aromatic heterocycles. The highest BCUT2D eigenvalue weighted by Gasteiger charge is 2.17. The van der Waals surface area contributed by atoms with Crippen LogP contribution >= 0.6 is 0 Å². The molecule has 0 spiro atoms. The summed E-state index contributed by atoms with van der Waals surface area (Å²) in [6, 6.07) is 9.02. The smallest absolute Gasteiger partial charge is 0.0451 e. The number of aromatic nitrogens is 1. The standard InChI is InChI=1S/C19H26N2/c1-6-20-18(12-17-14(3)8-7-9-21-17)19-15(4)10-13(2)11-16(19)5/h7-11,18,20H,6,12H2,1-5H3. The first-order valence-corrected chi connectivity index (χ1v) is 7.74. The molecule has 2 heteroatoms. The quantitative estimate of drug-likeness (QED) is 0.888. The van der Waals surface area contributed by atoms with E-state index in [1.807, 2.05) is 12.3 Å². The lowest BCUT2D eigenvalue weighted by Crippen LogP contribution is -2.25. The van der Waals surface area contributed by atoms with E-state index >= 15 is 0 Å². The summed E-state index contributed by atoms with van der Waals surface area (Å²) in [6.07, 6.45) is 2.82. The Bertz CT molecular complexity index is 594. The van der Waals surface area contributed by atoms with Crippen LogP contribution in [0.2, 0.25) is 0 Å². The normalized spacial score (nSPS) is 12.4. The Morgan fingerprint density at radius 1 is 1.05 bits per heavy atom. The molecule has 1 N–H and O–H groups in total. The van der Waals surface area contributed by atoms with Gasteiger partial charge in [-0.3, -0.25) is 4.98 Å². The van der Waals surface area contributed by atoms with Gasteiger partial charge in [-0.25, -0.2) is 0 Å². The molecule has 0 fully saturated rings. The molecule has 0 amide bonds. The molecule has 0 saturated heterocycles. The van der Waals surface area contributed by atoms with Gasteiger partial charge >= 0.3 is 0 Å². The van der Waals surface area contributed by atoms with E-state index in [4.69, 9.17) is 0 Å². The summed E-state index contributed by atoms with van der Waals surface area (Å²) in [5.74, 6) is 0. The van der Waals surface area contributed by atoms with Crippen LogP contribution in [0.15, 0.2) is 30.5 Å². The van der Waals surface area contributed by atoms with Crippen LogP contribution in [-0.2, 0) is 6.42 Å². The fourth-order valence-electron chi connectivity index (χ4n) is 3.19. The third-order valence-electron chi connectivity index (χ3n) is 4.05. The van der Waals surface area contributed by atoms with E-state index in [2.05, 4.69) is 63.1 Å². The molecule has 2 aromatic rings. The number of rotatable bonds is 5. The Balaban J connectivity index is 2.38. The lowest BCUT2D eigenvalue weighted by atomic mass is 9.91. The minimum Gasteiger partial charge on any atom is -0.310 e. The van der Waals surface area contributed by atoms with Crippen molar-refractivity contribution >= 4 is 0 Å². The molecule has 2 rings (SSSR count). The fourth-order valence-corrected chi connectivity index (χ4v) is 3.19. The van der Waals surface area contributed by atoms with Gasteiger partial charge in [-0.15, -0.1) is 0 Å². The number of aryl methyl sites for hydroxylation is 4. The molecule has 0 aliphatic carbocycles. The van der Waals surface area contributed by atoms with Crippen LogP contribution in [-0.4, -0.2) is 11.5 Å². The van der Waals surface area contributed by atoms with Crippen molar-refractivity contribution in [3.05, 3.63) is 64.0 Å². The monoisotopic (exact) mass is 282 g/mol. The van der Waals surface area contributed by atoms with Crippen LogP contribution in [0.5, 0.6) is 0 Å². The van der Waals surface area contributed by atoms with Crippen LogP contribution in [0.4, 0.5) is 0 Å². The third-order valence-corrected chi connectivity index (χ3v) is 4.05. The number of likely N-dealkylation sites (N-methyl/N-ethyl adjacent to an activating group) is 1. The lowest BCUT2D eigenvalue weighted by molar-refractivity contribution is 0.538. The van der Waals surface area contributed by atoms with E-state index in [1.165, 1.54) is 33.5 Å². The second-order valence-electron chi connectivity index (χ2n) is 5.89. The maximum absolute atomic E-state index is 4.56. The van der Waals surface area contributed by atoms with E-state index in [9.17, 15) is 0 Å². The lowest BCUT2D eigenvalue weighted by Gasteiger charge is -2.23. The highest BCUT2D eigenvalue weighted by atomic mass is 14.9. The van der Waals surface area contributed by atoms with Gasteiger partial charge in [0.25, 0.3) is 0 Å². The Morgan fingerprint density at radius 3 is 2.29 bits per heavy atom. The predicted octanol–water partition coefficient (Wildman–Crippen LogP) is 4.21. The molecule has 1 heterocycles. The molecule has 0 aliphatic rings. The highest BCUT2D eigenvalue weighted by molar-refractivity contribution is 5.40. The molecule has 2 nitrogen and oxygen atoms in total. The van der Waals surface area contributed by atoms with Crippen LogP contribution in [0.3, 0.4) is 0 Å². The van der Waals surface area contributed by atoms with E-state index in [0.29, 0.717) is 6.04 Å². The van der Waals surface area contributed by atoms with Gasteiger partial charge in [-0.05, 0) is 62.6 Å². The van der Waals surface area contributed by atoms with E-state index < -0.39 is 0 Å². The number of hydrogen-bond acceptors (Lipinski definition) is 2. The van der Waals surface area contributed by atoms with E-state index in [-0.39, 0.29) is 0 Å². The number of nitrogens with one attached hydrogen (secondary N) is 1. The minimum absolute atomic E-state index is 0.323. The van der Waals surface area contributed by atoms with Crippen LogP contribution < -0.4 is 5.32 Å². The zero-order valence-corrected chi connectivity index (χ0v) is 13.8. The van der Waals surface area contributed by atoms with Crippen LogP contribution in [0.1, 0.15) is 46.5 Å². The minimum atomic E-state index is 0.323. The van der Waals surface area contributed by atoms with Gasteiger partial charge in [0.15, 0.2) is 0 Å². The van der Waals surface area contributed by atoms with Crippen molar-refractivity contribution < 1.29 is 0 Å². The molecule has 1 aromatic carbocycles. The summed E-state index contributed by atoms with van der Waals surface area (Å²) in [5, 5.41) is 3.64. The first kappa shape index (κ1) is 15.7. The predicted molar refractivity (Wildman–Crippen MR) is 89.7 cm³/mol. The number of nitrogens with zero attached hydrogens (tertiary/aromatic N) is 1. The second kappa shape index (κ2) is 6.86. The van der Waals surface area contributed by atoms with Crippen molar-refractivity contribution in [2.24, 2.45) is 0 Å². The van der Waals surface area contributed by atoms with Crippen molar-refractivity contribution in [2.45, 2.75) is 47.1 Å². The Hall–Kier alpha value is -1.67. The molecule has 1 atom stereocenters. The molecule has 112 valence electrons. The van der Waals surface area contributed by atoms with Crippen molar-refractivity contribution in [1.29, 1.82) is 0 Å². The van der Waals surface area contributed by atoms with Gasteiger partial charge in [0.2, 0.25) is 0 Å². The molecule has 0 saturated carbocycles. The molecule has 0 bridgehead atoms. The number of hydrogen-bond donors (Lipinski definition) is 1. The first-order chi connectivity index (χ1) is 10.0. The van der Waals surface area contributed by atoms with Gasteiger partial charge in [-0.2, -0.15) is 0 Å². The third kappa shape index (κ3) is 3.70. The summed E-state index contributed by atoms with van der Waals surface area (Å²) >= 11 is 0. The summed E-state index contributed by atoms with van der Waals surface area (Å²) in [4.78, 5) is 4.56. The maximum atomic E-state index is 4.56. The highest BCUT2D eigenvalue weighted by Crippen LogP contribution is 2.26. The molecule has 21 heavy (non-hydrogen) atoms.